The first-order valence-corrected chi connectivity index (χ1v) is 7.80. The fourth-order valence-electron chi connectivity index (χ4n) is 2.52. The molecule has 0 spiro atoms. The van der Waals surface area contributed by atoms with Crippen LogP contribution in [0.25, 0.3) is 0 Å². The normalized spacial score (nSPS) is 10.2. The van der Waals surface area contributed by atoms with Crippen LogP contribution >= 0.6 is 0 Å². The van der Waals surface area contributed by atoms with Crippen LogP contribution in [0.3, 0.4) is 0 Å². The number of ether oxygens (including phenoxy) is 1. The Morgan fingerprint density at radius 3 is 2.46 bits per heavy atom. The van der Waals surface area contributed by atoms with Crippen molar-refractivity contribution in [2.24, 2.45) is 0 Å². The second-order valence-corrected chi connectivity index (χ2v) is 5.37. The molecule has 0 aliphatic heterocycles. The molecule has 1 N–H and O–H groups in total. The molecule has 0 radical (unpaired) electrons. The number of nitro groups is 1. The molecule has 8 nitrogen and oxygen atoms in total. The van der Waals surface area contributed by atoms with E-state index in [1.807, 2.05) is 36.4 Å². The highest BCUT2D eigenvalue weighted by molar-refractivity contribution is 5.79. The van der Waals surface area contributed by atoms with Gasteiger partial charge in [-0.1, -0.05) is 30.3 Å². The van der Waals surface area contributed by atoms with E-state index in [-0.39, 0.29) is 17.3 Å². The molecule has 0 aliphatic carbocycles. The monoisotopic (exact) mass is 351 g/mol. The van der Waals surface area contributed by atoms with Crippen molar-refractivity contribution in [1.82, 2.24) is 9.97 Å². The second kappa shape index (κ2) is 7.47. The molecule has 0 aliphatic rings. The highest BCUT2D eigenvalue weighted by Crippen LogP contribution is 2.37. The van der Waals surface area contributed by atoms with E-state index in [1.54, 1.807) is 30.1 Å². The lowest BCUT2D eigenvalue weighted by Gasteiger charge is -2.19. The number of hydrogen-bond donors (Lipinski definition) is 1. The molecule has 0 fully saturated rings. The Hall–Kier alpha value is -3.68. The molecule has 26 heavy (non-hydrogen) atoms. The summed E-state index contributed by atoms with van der Waals surface area (Å²) in [5.74, 6) is 0.833. The van der Waals surface area contributed by atoms with Crippen LogP contribution in [0.5, 0.6) is 5.75 Å². The molecule has 8 heteroatoms. The van der Waals surface area contributed by atoms with E-state index in [2.05, 4.69) is 15.3 Å². The average molecular weight is 351 g/mol. The summed E-state index contributed by atoms with van der Waals surface area (Å²) in [5, 5.41) is 14.7. The van der Waals surface area contributed by atoms with Gasteiger partial charge in [0.2, 0.25) is 11.6 Å². The van der Waals surface area contributed by atoms with Gasteiger partial charge in [-0.25, -0.2) is 9.97 Å². The summed E-state index contributed by atoms with van der Waals surface area (Å²) in [6, 6.07) is 16.4. The van der Waals surface area contributed by atoms with Crippen molar-refractivity contribution in [2.75, 3.05) is 24.4 Å². The lowest BCUT2D eigenvalue weighted by Crippen LogP contribution is -2.15. The van der Waals surface area contributed by atoms with Gasteiger partial charge >= 0.3 is 5.69 Å². The van der Waals surface area contributed by atoms with Crippen LogP contribution in [-0.4, -0.2) is 29.0 Å². The third-order valence-corrected chi connectivity index (χ3v) is 3.81. The van der Waals surface area contributed by atoms with Crippen LogP contribution < -0.4 is 15.0 Å². The van der Waals surface area contributed by atoms with Crippen LogP contribution in [0.15, 0.2) is 60.9 Å². The first-order valence-electron chi connectivity index (χ1n) is 7.80. The molecule has 3 rings (SSSR count). The van der Waals surface area contributed by atoms with Crippen molar-refractivity contribution in [1.29, 1.82) is 0 Å². The lowest BCUT2D eigenvalue weighted by atomic mass is 10.2. The summed E-state index contributed by atoms with van der Waals surface area (Å²) in [7, 11) is 3.25. The number of benzene rings is 2. The molecular weight excluding hydrogens is 334 g/mol. The van der Waals surface area contributed by atoms with E-state index >= 15 is 0 Å². The Morgan fingerprint density at radius 1 is 1.08 bits per heavy atom. The van der Waals surface area contributed by atoms with Crippen LogP contribution in [0.4, 0.5) is 28.7 Å². The van der Waals surface area contributed by atoms with Crippen molar-refractivity contribution in [3.8, 4) is 5.75 Å². The zero-order valence-corrected chi connectivity index (χ0v) is 14.3. The van der Waals surface area contributed by atoms with Crippen molar-refractivity contribution in [3.05, 3.63) is 71.0 Å². The van der Waals surface area contributed by atoms with E-state index in [4.69, 9.17) is 4.74 Å². The number of nitrogens with one attached hydrogen (secondary N) is 1. The van der Waals surface area contributed by atoms with Crippen molar-refractivity contribution in [3.63, 3.8) is 0 Å². The smallest absolute Gasteiger partial charge is 0.354 e. The van der Waals surface area contributed by atoms with Gasteiger partial charge in [-0.15, -0.1) is 0 Å². The molecule has 0 unspecified atom stereocenters. The Bertz CT molecular complexity index is 918. The molecule has 1 aromatic heterocycles. The molecule has 2 aromatic carbocycles. The Morgan fingerprint density at radius 2 is 1.77 bits per heavy atom. The first-order chi connectivity index (χ1) is 12.6. The summed E-state index contributed by atoms with van der Waals surface area (Å²) in [5.41, 5.74) is 1.13. The van der Waals surface area contributed by atoms with Gasteiger partial charge < -0.3 is 15.0 Å². The minimum absolute atomic E-state index is 0.0901. The lowest BCUT2D eigenvalue weighted by molar-refractivity contribution is -0.383. The molecule has 0 atom stereocenters. The Balaban J connectivity index is 2.06. The standard InChI is InChI=1S/C18H17N5O3/c1-22(13-8-4-3-5-9-13)18-16(23(24)25)17(19-12-20-18)21-14-10-6-7-11-15(14)26-2/h3-12H,1-2H3,(H,19,20,21). The summed E-state index contributed by atoms with van der Waals surface area (Å²) in [6.07, 6.45) is 1.29. The van der Waals surface area contributed by atoms with Gasteiger partial charge in [0.1, 0.15) is 12.1 Å². The van der Waals surface area contributed by atoms with Gasteiger partial charge in [-0.3, -0.25) is 10.1 Å². The average Bonchev–Trinajstić information content (AvgIpc) is 2.68. The highest BCUT2D eigenvalue weighted by atomic mass is 16.6. The van der Waals surface area contributed by atoms with Gasteiger partial charge in [-0.2, -0.15) is 0 Å². The van der Waals surface area contributed by atoms with Crippen LogP contribution in [0.2, 0.25) is 0 Å². The maximum atomic E-state index is 11.8. The van der Waals surface area contributed by atoms with E-state index in [1.165, 1.54) is 13.4 Å². The minimum atomic E-state index is -0.494. The number of para-hydroxylation sites is 3. The molecule has 0 bridgehead atoms. The number of hydrogen-bond acceptors (Lipinski definition) is 7. The molecule has 3 aromatic rings. The SMILES string of the molecule is COc1ccccc1Nc1ncnc(N(C)c2ccccc2)c1[N+](=O)[O-]. The molecular formula is C18H17N5O3. The first kappa shape index (κ1) is 17.2. The quantitative estimate of drug-likeness (QED) is 0.531. The van der Waals surface area contributed by atoms with Crippen LogP contribution in [0.1, 0.15) is 0 Å². The molecule has 1 heterocycles. The largest absolute Gasteiger partial charge is 0.495 e. The summed E-state index contributed by atoms with van der Waals surface area (Å²) >= 11 is 0. The number of rotatable bonds is 6. The Labute approximate surface area is 150 Å². The van der Waals surface area contributed by atoms with Crippen molar-refractivity contribution < 1.29 is 9.66 Å². The van der Waals surface area contributed by atoms with Crippen molar-refractivity contribution in [2.45, 2.75) is 0 Å². The molecule has 0 amide bonds. The number of anilines is 4. The predicted molar refractivity (Wildman–Crippen MR) is 99.5 cm³/mol. The predicted octanol–water partition coefficient (Wildman–Crippen LogP) is 3.90. The van der Waals surface area contributed by atoms with Gasteiger partial charge in [0, 0.05) is 12.7 Å². The van der Waals surface area contributed by atoms with Crippen LogP contribution in [-0.2, 0) is 0 Å². The van der Waals surface area contributed by atoms with Gasteiger partial charge in [0.25, 0.3) is 0 Å². The maximum Gasteiger partial charge on any atom is 0.354 e. The van der Waals surface area contributed by atoms with E-state index in [0.29, 0.717) is 11.4 Å². The molecule has 0 saturated heterocycles. The van der Waals surface area contributed by atoms with E-state index < -0.39 is 4.92 Å². The van der Waals surface area contributed by atoms with Gasteiger partial charge in [0.05, 0.1) is 17.7 Å². The summed E-state index contributed by atoms with van der Waals surface area (Å²) < 4.78 is 5.28. The van der Waals surface area contributed by atoms with Crippen molar-refractivity contribution >= 4 is 28.7 Å². The second-order valence-electron chi connectivity index (χ2n) is 5.37. The fraction of sp³-hybridized carbons (Fsp3) is 0.111. The zero-order chi connectivity index (χ0) is 18.5. The number of aromatic nitrogens is 2. The highest BCUT2D eigenvalue weighted by Gasteiger charge is 2.26. The third-order valence-electron chi connectivity index (χ3n) is 3.81. The number of methoxy groups -OCH3 is 1. The third kappa shape index (κ3) is 3.39. The van der Waals surface area contributed by atoms with Crippen LogP contribution in [0, 0.1) is 10.1 Å². The Kier molecular flexibility index (Phi) is 4.93. The molecule has 0 saturated carbocycles. The van der Waals surface area contributed by atoms with Gasteiger partial charge in [0.15, 0.2) is 0 Å². The topological polar surface area (TPSA) is 93.4 Å². The fourth-order valence-corrected chi connectivity index (χ4v) is 2.52. The van der Waals surface area contributed by atoms with E-state index in [9.17, 15) is 10.1 Å². The van der Waals surface area contributed by atoms with E-state index in [0.717, 1.165) is 5.69 Å². The number of nitrogens with zero attached hydrogens (tertiary/aromatic N) is 4. The van der Waals surface area contributed by atoms with Gasteiger partial charge in [-0.05, 0) is 24.3 Å². The summed E-state index contributed by atoms with van der Waals surface area (Å²) in [4.78, 5) is 21.1. The zero-order valence-electron chi connectivity index (χ0n) is 14.3. The molecule has 132 valence electrons. The maximum absolute atomic E-state index is 11.8. The summed E-state index contributed by atoms with van der Waals surface area (Å²) in [6.45, 7) is 0. The minimum Gasteiger partial charge on any atom is -0.495 e.